The summed E-state index contributed by atoms with van der Waals surface area (Å²) in [6.07, 6.45) is 3.49. The Morgan fingerprint density at radius 3 is 3.00 bits per heavy atom. The second kappa shape index (κ2) is 7.32. The fraction of sp³-hybridized carbons (Fsp3) is 0.500. The molecule has 0 radical (unpaired) electrons. The van der Waals surface area contributed by atoms with Gasteiger partial charge in [0, 0.05) is 18.0 Å². The van der Waals surface area contributed by atoms with Gasteiger partial charge >= 0.3 is 0 Å². The molecule has 0 fully saturated rings. The molecule has 1 aromatic rings. The van der Waals surface area contributed by atoms with Crippen molar-refractivity contribution in [3.63, 3.8) is 0 Å². The van der Waals surface area contributed by atoms with Crippen molar-refractivity contribution in [3.8, 4) is 0 Å². The molecule has 0 spiro atoms. The van der Waals surface area contributed by atoms with Crippen LogP contribution in [0.15, 0.2) is 23.7 Å². The first-order valence-electron chi connectivity index (χ1n) is 5.49. The number of aromatic nitrogens is 1. The monoisotopic (exact) mass is 255 g/mol. The van der Waals surface area contributed by atoms with Crippen LogP contribution in [-0.2, 0) is 16.1 Å². The fourth-order valence-electron chi connectivity index (χ4n) is 1.47. The second-order valence-corrected chi connectivity index (χ2v) is 4.95. The number of carbonyl (C=O) groups excluding carboxylic acids is 1. The average Bonchev–Trinajstić information content (AvgIpc) is 2.76. The Hall–Kier alpha value is -1.04. The van der Waals surface area contributed by atoms with Gasteiger partial charge in [-0.2, -0.15) is 0 Å². The van der Waals surface area contributed by atoms with Crippen molar-refractivity contribution in [2.24, 2.45) is 0 Å². The molecule has 1 unspecified atom stereocenters. The van der Waals surface area contributed by atoms with Gasteiger partial charge in [0.1, 0.15) is 11.9 Å². The zero-order valence-corrected chi connectivity index (χ0v) is 10.7. The van der Waals surface area contributed by atoms with Crippen LogP contribution in [0.25, 0.3) is 0 Å². The summed E-state index contributed by atoms with van der Waals surface area (Å²) in [5.41, 5.74) is 0.764. The number of rotatable bonds is 8. The summed E-state index contributed by atoms with van der Waals surface area (Å²) in [6.45, 7) is 5.50. The van der Waals surface area contributed by atoms with Gasteiger partial charge in [0.25, 0.3) is 0 Å². The molecule has 1 heterocycles. The van der Waals surface area contributed by atoms with E-state index in [2.05, 4.69) is 16.5 Å². The first-order valence-corrected chi connectivity index (χ1v) is 6.37. The Bertz CT molecular complexity index is 362. The standard InChI is InChI=1S/C12H17NO3S/c1-9(2)11(16-15)5-3-4-10(14)8-12-13-6-7-17-12/h6-7,11,15H,1,3-5,8H2,2H3. The quantitative estimate of drug-likeness (QED) is 0.441. The summed E-state index contributed by atoms with van der Waals surface area (Å²) in [5.74, 6) is 0.165. The lowest BCUT2D eigenvalue weighted by Crippen LogP contribution is -2.12. The second-order valence-electron chi connectivity index (χ2n) is 3.97. The van der Waals surface area contributed by atoms with E-state index in [0.717, 1.165) is 10.6 Å². The van der Waals surface area contributed by atoms with E-state index >= 15 is 0 Å². The van der Waals surface area contributed by atoms with E-state index in [0.29, 0.717) is 25.7 Å². The first-order chi connectivity index (χ1) is 8.13. The SMILES string of the molecule is C=C(C)C(CCCC(=O)Cc1nccs1)OO. The molecule has 4 nitrogen and oxygen atoms in total. The number of nitrogens with zero attached hydrogens (tertiary/aromatic N) is 1. The van der Waals surface area contributed by atoms with Crippen LogP contribution >= 0.6 is 11.3 Å². The van der Waals surface area contributed by atoms with E-state index in [1.54, 1.807) is 13.1 Å². The average molecular weight is 255 g/mol. The fourth-order valence-corrected chi connectivity index (χ4v) is 2.12. The summed E-state index contributed by atoms with van der Waals surface area (Å²) in [4.78, 5) is 19.9. The van der Waals surface area contributed by atoms with E-state index in [1.807, 2.05) is 5.38 Å². The number of carbonyl (C=O) groups is 1. The summed E-state index contributed by atoms with van der Waals surface area (Å²) in [6, 6.07) is 0. The van der Waals surface area contributed by atoms with E-state index in [4.69, 9.17) is 5.26 Å². The van der Waals surface area contributed by atoms with Crippen LogP contribution in [0.3, 0.4) is 0 Å². The maximum Gasteiger partial charge on any atom is 0.139 e. The molecule has 0 saturated carbocycles. The summed E-state index contributed by atoms with van der Waals surface area (Å²) < 4.78 is 0. The molecule has 0 bridgehead atoms. The Labute approximate surface area is 105 Å². The van der Waals surface area contributed by atoms with Gasteiger partial charge < -0.3 is 0 Å². The minimum Gasteiger partial charge on any atom is -0.299 e. The molecule has 0 aliphatic heterocycles. The molecule has 5 heteroatoms. The van der Waals surface area contributed by atoms with Crippen molar-refractivity contribution in [3.05, 3.63) is 28.7 Å². The van der Waals surface area contributed by atoms with E-state index in [-0.39, 0.29) is 11.9 Å². The van der Waals surface area contributed by atoms with Gasteiger partial charge in [-0.05, 0) is 25.3 Å². The molecule has 0 saturated heterocycles. The molecule has 1 rings (SSSR count). The smallest absolute Gasteiger partial charge is 0.139 e. The van der Waals surface area contributed by atoms with Crippen molar-refractivity contribution in [2.45, 2.75) is 38.7 Å². The lowest BCUT2D eigenvalue weighted by Gasteiger charge is -2.12. The minimum atomic E-state index is -0.373. The highest BCUT2D eigenvalue weighted by atomic mass is 32.1. The van der Waals surface area contributed by atoms with Gasteiger partial charge in [0.2, 0.25) is 0 Å². The van der Waals surface area contributed by atoms with Crippen LogP contribution in [0.2, 0.25) is 0 Å². The topological polar surface area (TPSA) is 59.4 Å². The van der Waals surface area contributed by atoms with Gasteiger partial charge in [-0.3, -0.25) is 10.1 Å². The Kier molecular flexibility index (Phi) is 6.04. The van der Waals surface area contributed by atoms with Crippen LogP contribution in [0.1, 0.15) is 31.2 Å². The van der Waals surface area contributed by atoms with Crippen LogP contribution in [-0.4, -0.2) is 22.1 Å². The lowest BCUT2D eigenvalue weighted by molar-refractivity contribution is -0.269. The predicted molar refractivity (Wildman–Crippen MR) is 67.0 cm³/mol. The molecule has 0 aromatic carbocycles. The third-order valence-electron chi connectivity index (χ3n) is 2.43. The van der Waals surface area contributed by atoms with Crippen molar-refractivity contribution in [2.75, 3.05) is 0 Å². The van der Waals surface area contributed by atoms with Crippen LogP contribution in [0.5, 0.6) is 0 Å². The van der Waals surface area contributed by atoms with Crippen LogP contribution < -0.4 is 0 Å². The Morgan fingerprint density at radius 1 is 1.71 bits per heavy atom. The van der Waals surface area contributed by atoms with Gasteiger partial charge in [-0.25, -0.2) is 9.87 Å². The molecule has 0 aliphatic carbocycles. The highest BCUT2D eigenvalue weighted by Gasteiger charge is 2.11. The maximum atomic E-state index is 11.6. The van der Waals surface area contributed by atoms with Crippen molar-refractivity contribution < 1.29 is 14.9 Å². The molecule has 0 amide bonds. The molecule has 1 atom stereocenters. The third kappa shape index (κ3) is 5.21. The highest BCUT2D eigenvalue weighted by molar-refractivity contribution is 7.09. The number of thiazole rings is 1. The van der Waals surface area contributed by atoms with E-state index in [9.17, 15) is 4.79 Å². The molecule has 0 aliphatic rings. The van der Waals surface area contributed by atoms with Gasteiger partial charge in [-0.15, -0.1) is 11.3 Å². The molecule has 1 aromatic heterocycles. The number of hydrogen-bond donors (Lipinski definition) is 1. The Morgan fingerprint density at radius 2 is 2.47 bits per heavy atom. The molecule has 94 valence electrons. The summed E-state index contributed by atoms with van der Waals surface area (Å²) >= 11 is 1.49. The molecular weight excluding hydrogens is 238 g/mol. The van der Waals surface area contributed by atoms with Crippen molar-refractivity contribution in [1.29, 1.82) is 0 Å². The van der Waals surface area contributed by atoms with Gasteiger partial charge in [0.05, 0.1) is 11.4 Å². The van der Waals surface area contributed by atoms with Crippen LogP contribution in [0, 0.1) is 0 Å². The number of ketones is 1. The minimum absolute atomic E-state index is 0.165. The van der Waals surface area contributed by atoms with Crippen molar-refractivity contribution >= 4 is 17.1 Å². The van der Waals surface area contributed by atoms with E-state index in [1.165, 1.54) is 11.3 Å². The zero-order valence-electron chi connectivity index (χ0n) is 9.89. The predicted octanol–water partition coefficient (Wildman–Crippen LogP) is 2.86. The Balaban J connectivity index is 2.22. The van der Waals surface area contributed by atoms with Crippen molar-refractivity contribution in [1.82, 2.24) is 4.98 Å². The lowest BCUT2D eigenvalue weighted by atomic mass is 10.0. The maximum absolute atomic E-state index is 11.6. The van der Waals surface area contributed by atoms with Crippen LogP contribution in [0.4, 0.5) is 0 Å². The summed E-state index contributed by atoms with van der Waals surface area (Å²) in [7, 11) is 0. The number of Topliss-reactive ketones (excluding diaryl/α,β-unsaturated/α-hetero) is 1. The zero-order chi connectivity index (χ0) is 12.7. The molecular formula is C12H17NO3S. The normalized spacial score (nSPS) is 12.4. The molecule has 17 heavy (non-hydrogen) atoms. The third-order valence-corrected chi connectivity index (χ3v) is 3.21. The molecule has 1 N–H and O–H groups in total. The first kappa shape index (κ1) is 14.0. The number of hydrogen-bond acceptors (Lipinski definition) is 5. The highest BCUT2D eigenvalue weighted by Crippen LogP contribution is 2.13. The van der Waals surface area contributed by atoms with Gasteiger partial charge in [0.15, 0.2) is 0 Å². The summed E-state index contributed by atoms with van der Waals surface area (Å²) in [5, 5.41) is 11.3. The largest absolute Gasteiger partial charge is 0.299 e. The van der Waals surface area contributed by atoms with E-state index < -0.39 is 0 Å². The van der Waals surface area contributed by atoms with Gasteiger partial charge in [-0.1, -0.05) is 6.58 Å².